The van der Waals surface area contributed by atoms with Crippen LogP contribution in [0.4, 0.5) is 0 Å². The lowest BCUT2D eigenvalue weighted by Gasteiger charge is -2.07. The van der Waals surface area contributed by atoms with Crippen LogP contribution in [0.5, 0.6) is 0 Å². The standard InChI is InChI=1S/C16H12ClNS/c1-19-13-8-7-12-9-14(11-5-3-2-4-6-11)16(17)18-15(12)10-13/h2-10H,1H3. The molecule has 0 amide bonds. The van der Waals surface area contributed by atoms with Gasteiger partial charge < -0.3 is 0 Å². The molecule has 1 nitrogen and oxygen atoms in total. The van der Waals surface area contributed by atoms with Gasteiger partial charge in [-0.15, -0.1) is 11.8 Å². The summed E-state index contributed by atoms with van der Waals surface area (Å²) in [6.07, 6.45) is 2.06. The molecule has 0 aliphatic heterocycles. The summed E-state index contributed by atoms with van der Waals surface area (Å²) in [6, 6.07) is 18.5. The van der Waals surface area contributed by atoms with Crippen molar-refractivity contribution in [3.63, 3.8) is 0 Å². The molecule has 0 atom stereocenters. The van der Waals surface area contributed by atoms with Gasteiger partial charge in [0.2, 0.25) is 0 Å². The number of thioether (sulfide) groups is 1. The number of pyridine rings is 1. The Kier molecular flexibility index (Phi) is 3.45. The van der Waals surface area contributed by atoms with Gasteiger partial charge in [-0.2, -0.15) is 0 Å². The SMILES string of the molecule is CSc1ccc2cc(-c3ccccc3)c(Cl)nc2c1. The van der Waals surface area contributed by atoms with Crippen LogP contribution >= 0.6 is 23.4 Å². The number of fused-ring (bicyclic) bond motifs is 1. The van der Waals surface area contributed by atoms with Crippen LogP contribution < -0.4 is 0 Å². The van der Waals surface area contributed by atoms with E-state index >= 15 is 0 Å². The first-order chi connectivity index (χ1) is 9.28. The minimum atomic E-state index is 0.553. The fourth-order valence-corrected chi connectivity index (χ4v) is 2.76. The van der Waals surface area contributed by atoms with Crippen LogP contribution in [0.1, 0.15) is 0 Å². The second-order valence-electron chi connectivity index (χ2n) is 4.25. The number of hydrogen-bond donors (Lipinski definition) is 0. The Labute approximate surface area is 121 Å². The predicted molar refractivity (Wildman–Crippen MR) is 84.0 cm³/mol. The Hall–Kier alpha value is -1.51. The van der Waals surface area contributed by atoms with E-state index in [-0.39, 0.29) is 0 Å². The molecule has 3 heteroatoms. The fourth-order valence-electron chi connectivity index (χ4n) is 2.07. The Balaban J connectivity index is 2.20. The average molecular weight is 286 g/mol. The van der Waals surface area contributed by atoms with E-state index in [4.69, 9.17) is 11.6 Å². The molecule has 0 N–H and O–H groups in total. The number of halogens is 1. The van der Waals surface area contributed by atoms with Crippen molar-refractivity contribution in [2.24, 2.45) is 0 Å². The van der Waals surface area contributed by atoms with Gasteiger partial charge in [0.1, 0.15) is 5.15 Å². The van der Waals surface area contributed by atoms with Crippen LogP contribution in [0.25, 0.3) is 22.0 Å². The van der Waals surface area contributed by atoms with E-state index in [2.05, 4.69) is 35.5 Å². The number of benzene rings is 2. The van der Waals surface area contributed by atoms with Crippen molar-refractivity contribution in [3.05, 3.63) is 59.8 Å². The van der Waals surface area contributed by atoms with E-state index < -0.39 is 0 Å². The van der Waals surface area contributed by atoms with Gasteiger partial charge in [-0.25, -0.2) is 4.98 Å². The molecular formula is C16H12ClNS. The highest BCUT2D eigenvalue weighted by Gasteiger charge is 2.07. The molecule has 3 aromatic rings. The lowest BCUT2D eigenvalue weighted by Crippen LogP contribution is -1.86. The Morgan fingerprint density at radius 3 is 2.53 bits per heavy atom. The summed E-state index contributed by atoms with van der Waals surface area (Å²) in [7, 11) is 0. The topological polar surface area (TPSA) is 12.9 Å². The third-order valence-electron chi connectivity index (χ3n) is 3.06. The lowest BCUT2D eigenvalue weighted by atomic mass is 10.1. The second kappa shape index (κ2) is 5.24. The maximum Gasteiger partial charge on any atom is 0.137 e. The van der Waals surface area contributed by atoms with Gasteiger partial charge in [0.25, 0.3) is 0 Å². The zero-order valence-corrected chi connectivity index (χ0v) is 12.0. The number of aromatic nitrogens is 1. The number of nitrogens with zero attached hydrogens (tertiary/aromatic N) is 1. The van der Waals surface area contributed by atoms with E-state index in [0.717, 1.165) is 22.0 Å². The molecule has 19 heavy (non-hydrogen) atoms. The number of hydrogen-bond acceptors (Lipinski definition) is 2. The first kappa shape index (κ1) is 12.5. The van der Waals surface area contributed by atoms with Gasteiger partial charge in [0.05, 0.1) is 5.52 Å². The monoisotopic (exact) mass is 285 g/mol. The molecule has 2 aromatic carbocycles. The summed E-state index contributed by atoms with van der Waals surface area (Å²) in [4.78, 5) is 5.71. The molecule has 94 valence electrons. The molecule has 0 saturated carbocycles. The van der Waals surface area contributed by atoms with Crippen LogP contribution in [-0.2, 0) is 0 Å². The van der Waals surface area contributed by atoms with Gasteiger partial charge in [-0.3, -0.25) is 0 Å². The van der Waals surface area contributed by atoms with Gasteiger partial charge in [-0.1, -0.05) is 48.0 Å². The quantitative estimate of drug-likeness (QED) is 0.469. The summed E-state index contributed by atoms with van der Waals surface area (Å²) in [5.74, 6) is 0. The Morgan fingerprint density at radius 1 is 1.00 bits per heavy atom. The molecule has 0 aliphatic carbocycles. The van der Waals surface area contributed by atoms with Gasteiger partial charge in [0.15, 0.2) is 0 Å². The Morgan fingerprint density at radius 2 is 1.79 bits per heavy atom. The van der Waals surface area contributed by atoms with Gasteiger partial charge >= 0.3 is 0 Å². The van der Waals surface area contributed by atoms with Crippen molar-refractivity contribution in [2.75, 3.05) is 6.26 Å². The lowest BCUT2D eigenvalue weighted by molar-refractivity contribution is 1.37. The largest absolute Gasteiger partial charge is 0.235 e. The maximum absolute atomic E-state index is 6.32. The summed E-state index contributed by atoms with van der Waals surface area (Å²) in [5, 5.41) is 1.66. The zero-order chi connectivity index (χ0) is 13.2. The summed E-state index contributed by atoms with van der Waals surface area (Å²) < 4.78 is 0. The summed E-state index contributed by atoms with van der Waals surface area (Å²) in [6.45, 7) is 0. The van der Waals surface area contributed by atoms with E-state index in [1.807, 2.05) is 30.3 Å². The first-order valence-corrected chi connectivity index (χ1v) is 7.58. The molecule has 0 aliphatic rings. The zero-order valence-electron chi connectivity index (χ0n) is 10.4. The first-order valence-electron chi connectivity index (χ1n) is 5.97. The molecular weight excluding hydrogens is 274 g/mol. The molecule has 0 radical (unpaired) electrons. The minimum Gasteiger partial charge on any atom is -0.235 e. The van der Waals surface area contributed by atoms with Gasteiger partial charge in [-0.05, 0) is 30.0 Å². The van der Waals surface area contributed by atoms with Crippen LogP contribution in [0.2, 0.25) is 5.15 Å². The van der Waals surface area contributed by atoms with Crippen molar-refractivity contribution in [1.82, 2.24) is 4.98 Å². The third kappa shape index (κ3) is 2.46. The molecule has 3 rings (SSSR count). The average Bonchev–Trinajstić information content (AvgIpc) is 2.47. The van der Waals surface area contributed by atoms with E-state index in [0.29, 0.717) is 5.15 Å². The third-order valence-corrected chi connectivity index (χ3v) is 4.08. The highest BCUT2D eigenvalue weighted by atomic mass is 35.5. The van der Waals surface area contributed by atoms with E-state index in [1.54, 1.807) is 11.8 Å². The molecule has 0 unspecified atom stereocenters. The van der Waals surface area contributed by atoms with Crippen LogP contribution in [0.3, 0.4) is 0 Å². The van der Waals surface area contributed by atoms with Crippen LogP contribution in [0.15, 0.2) is 59.5 Å². The maximum atomic E-state index is 6.32. The van der Waals surface area contributed by atoms with Crippen molar-refractivity contribution < 1.29 is 0 Å². The number of rotatable bonds is 2. The normalized spacial score (nSPS) is 10.8. The highest BCUT2D eigenvalue weighted by molar-refractivity contribution is 7.98. The smallest absolute Gasteiger partial charge is 0.137 e. The molecule has 0 spiro atoms. The fraction of sp³-hybridized carbons (Fsp3) is 0.0625. The van der Waals surface area contributed by atoms with E-state index in [9.17, 15) is 0 Å². The summed E-state index contributed by atoms with van der Waals surface area (Å²) in [5.41, 5.74) is 3.01. The minimum absolute atomic E-state index is 0.553. The molecule has 1 aromatic heterocycles. The molecule has 0 saturated heterocycles. The van der Waals surface area contributed by atoms with Gasteiger partial charge in [0, 0.05) is 15.8 Å². The summed E-state index contributed by atoms with van der Waals surface area (Å²) >= 11 is 8.02. The second-order valence-corrected chi connectivity index (χ2v) is 5.49. The highest BCUT2D eigenvalue weighted by Crippen LogP contribution is 2.31. The van der Waals surface area contributed by atoms with Crippen molar-refractivity contribution in [1.29, 1.82) is 0 Å². The molecule has 1 heterocycles. The van der Waals surface area contributed by atoms with Crippen molar-refractivity contribution >= 4 is 34.3 Å². The van der Waals surface area contributed by atoms with Crippen molar-refractivity contribution in [3.8, 4) is 11.1 Å². The van der Waals surface area contributed by atoms with E-state index in [1.165, 1.54) is 4.90 Å². The predicted octanol–water partition coefficient (Wildman–Crippen LogP) is 5.28. The van der Waals surface area contributed by atoms with Crippen molar-refractivity contribution in [2.45, 2.75) is 4.90 Å². The van der Waals surface area contributed by atoms with Crippen LogP contribution in [-0.4, -0.2) is 11.2 Å². The molecule has 0 bridgehead atoms. The van der Waals surface area contributed by atoms with Crippen LogP contribution in [0, 0.1) is 0 Å². The Bertz CT molecular complexity index is 725. The molecule has 0 fully saturated rings.